The van der Waals surface area contributed by atoms with Crippen molar-refractivity contribution in [3.8, 4) is 0 Å². The van der Waals surface area contributed by atoms with E-state index in [-0.39, 0.29) is 23.1 Å². The molecule has 1 saturated heterocycles. The lowest BCUT2D eigenvalue weighted by Gasteiger charge is -2.23. The average Bonchev–Trinajstić information content (AvgIpc) is 2.26. The van der Waals surface area contributed by atoms with Crippen LogP contribution in [0.15, 0.2) is 12.1 Å². The van der Waals surface area contributed by atoms with E-state index in [1.165, 1.54) is 12.1 Å². The first-order valence-electron chi connectivity index (χ1n) is 6.05. The summed E-state index contributed by atoms with van der Waals surface area (Å²) in [6, 6.07) is 2.71. The SMILES string of the molecule is Cc1cc(C(=O)O)cc(NC2CCCS(=O)(=O)C2)n1. The summed E-state index contributed by atoms with van der Waals surface area (Å²) in [6.45, 7) is 1.70. The number of carbonyl (C=O) groups is 1. The lowest BCUT2D eigenvalue weighted by Crippen LogP contribution is -2.35. The number of carboxylic acid groups (broad SMARTS) is 1. The Labute approximate surface area is 111 Å². The van der Waals surface area contributed by atoms with Gasteiger partial charge in [0, 0.05) is 11.7 Å². The van der Waals surface area contributed by atoms with E-state index in [1.54, 1.807) is 6.92 Å². The number of pyridine rings is 1. The largest absolute Gasteiger partial charge is 0.478 e. The number of nitrogens with one attached hydrogen (secondary N) is 1. The Morgan fingerprint density at radius 3 is 2.84 bits per heavy atom. The molecule has 0 spiro atoms. The van der Waals surface area contributed by atoms with E-state index in [2.05, 4.69) is 10.3 Å². The maximum absolute atomic E-state index is 11.5. The molecule has 0 saturated carbocycles. The number of aromatic nitrogens is 1. The summed E-state index contributed by atoms with van der Waals surface area (Å²) in [5, 5.41) is 12.0. The molecule has 1 aliphatic rings. The van der Waals surface area contributed by atoms with Gasteiger partial charge in [-0.15, -0.1) is 0 Å². The maximum Gasteiger partial charge on any atom is 0.335 e. The summed E-state index contributed by atoms with van der Waals surface area (Å²) in [4.78, 5) is 15.1. The molecule has 1 atom stereocenters. The van der Waals surface area contributed by atoms with Crippen LogP contribution in [0.25, 0.3) is 0 Å². The van der Waals surface area contributed by atoms with Crippen molar-refractivity contribution >= 4 is 21.6 Å². The zero-order valence-electron chi connectivity index (χ0n) is 10.6. The maximum atomic E-state index is 11.5. The Bertz CT molecular complexity index is 598. The van der Waals surface area contributed by atoms with Crippen LogP contribution in [-0.4, -0.2) is 42.0 Å². The van der Waals surface area contributed by atoms with Gasteiger partial charge in [-0.25, -0.2) is 18.2 Å². The number of carboxylic acids is 1. The molecule has 2 rings (SSSR count). The highest BCUT2D eigenvalue weighted by Gasteiger charge is 2.25. The van der Waals surface area contributed by atoms with Crippen molar-refractivity contribution in [1.82, 2.24) is 4.98 Å². The van der Waals surface area contributed by atoms with Gasteiger partial charge in [0.1, 0.15) is 5.82 Å². The first-order chi connectivity index (χ1) is 8.85. The van der Waals surface area contributed by atoms with Crippen LogP contribution >= 0.6 is 0 Å². The molecule has 1 aliphatic heterocycles. The molecule has 0 amide bonds. The third-order valence-electron chi connectivity index (χ3n) is 3.02. The molecular weight excluding hydrogens is 268 g/mol. The van der Waals surface area contributed by atoms with E-state index in [0.29, 0.717) is 17.9 Å². The predicted octanol–water partition coefficient (Wildman–Crippen LogP) is 1.08. The Hall–Kier alpha value is -1.63. The van der Waals surface area contributed by atoms with Gasteiger partial charge in [0.25, 0.3) is 0 Å². The average molecular weight is 284 g/mol. The van der Waals surface area contributed by atoms with Gasteiger partial charge < -0.3 is 10.4 Å². The van der Waals surface area contributed by atoms with Crippen molar-refractivity contribution in [1.29, 1.82) is 0 Å². The second-order valence-corrected chi connectivity index (χ2v) is 7.01. The number of aromatic carboxylic acids is 1. The van der Waals surface area contributed by atoms with E-state index < -0.39 is 15.8 Å². The van der Waals surface area contributed by atoms with Gasteiger partial charge in [-0.2, -0.15) is 0 Å². The Balaban J connectivity index is 2.17. The standard InChI is InChI=1S/C12H16N2O4S/c1-8-5-9(12(15)16)6-11(13-8)14-10-3-2-4-19(17,18)7-10/h5-6,10H,2-4,7H2,1H3,(H,13,14)(H,15,16). The zero-order chi connectivity index (χ0) is 14.0. The number of anilines is 1. The lowest BCUT2D eigenvalue weighted by molar-refractivity contribution is 0.0696. The minimum absolute atomic E-state index is 0.0744. The van der Waals surface area contributed by atoms with Gasteiger partial charge in [-0.1, -0.05) is 0 Å². The normalized spacial score (nSPS) is 21.8. The molecule has 2 heterocycles. The topological polar surface area (TPSA) is 96.4 Å². The lowest BCUT2D eigenvalue weighted by atomic mass is 10.1. The smallest absolute Gasteiger partial charge is 0.335 e. The Kier molecular flexibility index (Phi) is 3.75. The molecule has 1 aromatic heterocycles. The van der Waals surface area contributed by atoms with Crippen LogP contribution in [0, 0.1) is 6.92 Å². The van der Waals surface area contributed by atoms with Gasteiger partial charge >= 0.3 is 5.97 Å². The fraction of sp³-hybridized carbons (Fsp3) is 0.500. The van der Waals surface area contributed by atoms with Crippen LogP contribution in [0.1, 0.15) is 28.9 Å². The van der Waals surface area contributed by atoms with Crippen molar-refractivity contribution in [3.63, 3.8) is 0 Å². The van der Waals surface area contributed by atoms with E-state index in [0.717, 1.165) is 6.42 Å². The molecule has 1 fully saturated rings. The molecular formula is C12H16N2O4S. The van der Waals surface area contributed by atoms with Crippen LogP contribution < -0.4 is 5.32 Å². The van der Waals surface area contributed by atoms with Crippen molar-refractivity contribution in [3.05, 3.63) is 23.4 Å². The molecule has 0 aliphatic carbocycles. The molecule has 2 N–H and O–H groups in total. The highest BCUT2D eigenvalue weighted by Crippen LogP contribution is 2.18. The highest BCUT2D eigenvalue weighted by molar-refractivity contribution is 7.91. The van der Waals surface area contributed by atoms with Gasteiger partial charge in [-0.05, 0) is 31.9 Å². The molecule has 7 heteroatoms. The quantitative estimate of drug-likeness (QED) is 0.862. The van der Waals surface area contributed by atoms with Gasteiger partial charge in [0.15, 0.2) is 9.84 Å². The first-order valence-corrected chi connectivity index (χ1v) is 7.87. The molecule has 1 unspecified atom stereocenters. The second kappa shape index (κ2) is 5.16. The minimum atomic E-state index is -3.00. The number of hydrogen-bond donors (Lipinski definition) is 2. The second-order valence-electron chi connectivity index (χ2n) is 4.79. The number of nitrogens with zero attached hydrogens (tertiary/aromatic N) is 1. The molecule has 0 radical (unpaired) electrons. The summed E-state index contributed by atoms with van der Waals surface area (Å²) in [5.74, 6) is -0.304. The van der Waals surface area contributed by atoms with Gasteiger partial charge in [0.05, 0.1) is 17.1 Å². The molecule has 19 heavy (non-hydrogen) atoms. The summed E-state index contributed by atoms with van der Waals surface area (Å²) < 4.78 is 23.1. The van der Waals surface area contributed by atoms with Gasteiger partial charge in [-0.3, -0.25) is 0 Å². The van der Waals surface area contributed by atoms with Crippen molar-refractivity contribution in [2.75, 3.05) is 16.8 Å². The molecule has 6 nitrogen and oxygen atoms in total. The fourth-order valence-electron chi connectivity index (χ4n) is 2.21. The number of sulfone groups is 1. The third-order valence-corrected chi connectivity index (χ3v) is 4.84. The molecule has 104 valence electrons. The van der Waals surface area contributed by atoms with Crippen LogP contribution in [0.3, 0.4) is 0 Å². The van der Waals surface area contributed by atoms with E-state index >= 15 is 0 Å². The van der Waals surface area contributed by atoms with Crippen molar-refractivity contribution in [2.45, 2.75) is 25.8 Å². The molecule has 0 bridgehead atoms. The first kappa shape index (κ1) is 13.8. The third kappa shape index (κ3) is 3.66. The van der Waals surface area contributed by atoms with Crippen LogP contribution in [0.5, 0.6) is 0 Å². The van der Waals surface area contributed by atoms with Crippen molar-refractivity contribution in [2.24, 2.45) is 0 Å². The molecule has 1 aromatic rings. The summed E-state index contributed by atoms with van der Waals surface area (Å²) >= 11 is 0. The fourth-order valence-corrected chi connectivity index (χ4v) is 3.85. The highest BCUT2D eigenvalue weighted by atomic mass is 32.2. The summed E-state index contributed by atoms with van der Waals surface area (Å²) in [5.41, 5.74) is 0.731. The van der Waals surface area contributed by atoms with E-state index in [9.17, 15) is 13.2 Å². The van der Waals surface area contributed by atoms with Crippen molar-refractivity contribution < 1.29 is 18.3 Å². The predicted molar refractivity (Wildman–Crippen MR) is 71.2 cm³/mol. The van der Waals surface area contributed by atoms with Crippen LogP contribution in [0.4, 0.5) is 5.82 Å². The van der Waals surface area contributed by atoms with E-state index in [4.69, 9.17) is 5.11 Å². The van der Waals surface area contributed by atoms with Gasteiger partial charge in [0.2, 0.25) is 0 Å². The Morgan fingerprint density at radius 1 is 1.47 bits per heavy atom. The van der Waals surface area contributed by atoms with Crippen LogP contribution in [0.2, 0.25) is 0 Å². The molecule has 0 aromatic carbocycles. The Morgan fingerprint density at radius 2 is 2.21 bits per heavy atom. The monoisotopic (exact) mass is 284 g/mol. The van der Waals surface area contributed by atoms with Crippen LogP contribution in [-0.2, 0) is 9.84 Å². The number of aryl methyl sites for hydroxylation is 1. The summed E-state index contributed by atoms with van der Waals surface area (Å²) in [6.07, 6.45) is 1.37. The zero-order valence-corrected chi connectivity index (χ0v) is 11.4. The number of rotatable bonds is 3. The van der Waals surface area contributed by atoms with E-state index in [1.807, 2.05) is 0 Å². The minimum Gasteiger partial charge on any atom is -0.478 e. The number of hydrogen-bond acceptors (Lipinski definition) is 5. The summed E-state index contributed by atoms with van der Waals surface area (Å²) in [7, 11) is -3.00.